The van der Waals surface area contributed by atoms with Crippen molar-refractivity contribution in [1.29, 1.82) is 0 Å². The fourth-order valence-electron chi connectivity index (χ4n) is 2.46. The quantitative estimate of drug-likeness (QED) is 0.652. The van der Waals surface area contributed by atoms with E-state index in [1.165, 1.54) is 0 Å². The molecule has 3 N–H and O–H groups in total. The number of benzene rings is 1. The Morgan fingerprint density at radius 2 is 1.96 bits per heavy atom. The van der Waals surface area contributed by atoms with E-state index in [1.54, 1.807) is 35.0 Å². The number of nitrogens with zero attached hydrogens (tertiary/aromatic N) is 1. The first kappa shape index (κ1) is 17.4. The van der Waals surface area contributed by atoms with Crippen LogP contribution in [0.15, 0.2) is 40.1 Å². The van der Waals surface area contributed by atoms with Gasteiger partial charge < -0.3 is 10.6 Å². The van der Waals surface area contributed by atoms with Gasteiger partial charge in [-0.3, -0.25) is 19.1 Å². The highest BCUT2D eigenvalue weighted by atomic mass is 35.5. The van der Waals surface area contributed by atoms with Crippen LogP contribution < -0.4 is 21.9 Å². The van der Waals surface area contributed by atoms with E-state index in [0.29, 0.717) is 29.4 Å². The molecule has 0 saturated heterocycles. The minimum atomic E-state index is -0.389. The zero-order chi connectivity index (χ0) is 17.8. The fraction of sp³-hybridized carbons (Fsp3) is 0.353. The molecule has 1 aromatic heterocycles. The Morgan fingerprint density at radius 1 is 1.24 bits per heavy atom. The Morgan fingerprint density at radius 3 is 2.64 bits per heavy atom. The molecular weight excluding hydrogens is 344 g/mol. The average Bonchev–Trinajstić information content (AvgIpc) is 3.40. The van der Waals surface area contributed by atoms with Gasteiger partial charge in [0.1, 0.15) is 0 Å². The molecule has 25 heavy (non-hydrogen) atoms. The van der Waals surface area contributed by atoms with Gasteiger partial charge in [-0.1, -0.05) is 11.6 Å². The van der Waals surface area contributed by atoms with Crippen LogP contribution in [-0.2, 0) is 11.3 Å². The second-order valence-electron chi connectivity index (χ2n) is 6.03. The van der Waals surface area contributed by atoms with E-state index in [0.717, 1.165) is 12.8 Å². The number of aromatic amines is 1. The highest BCUT2D eigenvalue weighted by Crippen LogP contribution is 2.32. The van der Waals surface area contributed by atoms with Crippen molar-refractivity contribution in [2.75, 3.05) is 11.9 Å². The molecule has 1 aromatic carbocycles. The lowest BCUT2D eigenvalue weighted by atomic mass is 10.3. The Balaban J connectivity index is 1.47. The summed E-state index contributed by atoms with van der Waals surface area (Å²) in [5.41, 5.74) is 0.422. The Hall–Kier alpha value is -2.38. The van der Waals surface area contributed by atoms with Crippen LogP contribution >= 0.6 is 11.6 Å². The van der Waals surface area contributed by atoms with E-state index in [9.17, 15) is 14.4 Å². The van der Waals surface area contributed by atoms with Crippen LogP contribution in [0.2, 0.25) is 5.02 Å². The van der Waals surface area contributed by atoms with E-state index in [4.69, 9.17) is 11.6 Å². The smallest absolute Gasteiger partial charge is 0.326 e. The van der Waals surface area contributed by atoms with Gasteiger partial charge in [0.2, 0.25) is 5.91 Å². The molecule has 1 aliphatic rings. The van der Waals surface area contributed by atoms with Crippen LogP contribution in [0.1, 0.15) is 30.9 Å². The summed E-state index contributed by atoms with van der Waals surface area (Å²) >= 11 is 5.79. The van der Waals surface area contributed by atoms with Gasteiger partial charge >= 0.3 is 5.69 Å². The van der Waals surface area contributed by atoms with Gasteiger partial charge in [-0.15, -0.1) is 0 Å². The number of nitrogens with one attached hydrogen (secondary N) is 3. The summed E-state index contributed by atoms with van der Waals surface area (Å²) in [4.78, 5) is 37.8. The van der Waals surface area contributed by atoms with Gasteiger partial charge in [-0.05, 0) is 37.1 Å². The number of carbonyl (C=O) groups excluding carboxylic acids is 1. The third-order valence-electron chi connectivity index (χ3n) is 3.95. The monoisotopic (exact) mass is 362 g/mol. The molecule has 0 atom stereocenters. The molecule has 0 bridgehead atoms. The first-order chi connectivity index (χ1) is 12.0. The lowest BCUT2D eigenvalue weighted by molar-refractivity contribution is -0.116. The maximum atomic E-state index is 11.9. The predicted octanol–water partition coefficient (Wildman–Crippen LogP) is 1.64. The third kappa shape index (κ3) is 4.80. The molecule has 0 aliphatic heterocycles. The van der Waals surface area contributed by atoms with Crippen molar-refractivity contribution in [3.8, 4) is 0 Å². The molecule has 1 aliphatic carbocycles. The Kier molecular flexibility index (Phi) is 5.35. The van der Waals surface area contributed by atoms with Crippen LogP contribution in [0, 0.1) is 0 Å². The number of aromatic nitrogens is 2. The number of amides is 1. The maximum Gasteiger partial charge on any atom is 0.328 e. The largest absolute Gasteiger partial charge is 0.328 e. The van der Waals surface area contributed by atoms with Gasteiger partial charge in [0.25, 0.3) is 5.56 Å². The van der Waals surface area contributed by atoms with Crippen molar-refractivity contribution in [2.24, 2.45) is 0 Å². The number of H-pyrrole nitrogens is 1. The number of rotatable bonds is 7. The van der Waals surface area contributed by atoms with Crippen molar-refractivity contribution in [2.45, 2.75) is 31.8 Å². The zero-order valence-corrected chi connectivity index (χ0v) is 14.3. The first-order valence-electron chi connectivity index (χ1n) is 8.13. The van der Waals surface area contributed by atoms with Crippen molar-refractivity contribution in [3.63, 3.8) is 0 Å². The number of hydrogen-bond acceptors (Lipinski definition) is 4. The van der Waals surface area contributed by atoms with Crippen molar-refractivity contribution >= 4 is 23.2 Å². The van der Waals surface area contributed by atoms with Crippen LogP contribution in [0.3, 0.4) is 0 Å². The first-order valence-corrected chi connectivity index (χ1v) is 8.51. The lowest BCUT2D eigenvalue weighted by Gasteiger charge is -2.08. The average molecular weight is 363 g/mol. The van der Waals surface area contributed by atoms with Gasteiger partial charge in [-0.25, -0.2) is 4.79 Å². The van der Waals surface area contributed by atoms with Gasteiger partial charge in [0, 0.05) is 48.0 Å². The van der Waals surface area contributed by atoms with E-state index in [2.05, 4.69) is 15.6 Å². The maximum absolute atomic E-state index is 11.9. The summed E-state index contributed by atoms with van der Waals surface area (Å²) in [5, 5.41) is 6.43. The number of carbonyl (C=O) groups is 1. The molecule has 3 rings (SSSR count). The normalized spacial score (nSPS) is 13.6. The second-order valence-corrected chi connectivity index (χ2v) is 6.47. The molecule has 8 heteroatoms. The second kappa shape index (κ2) is 7.67. The van der Waals surface area contributed by atoms with E-state index >= 15 is 0 Å². The van der Waals surface area contributed by atoms with Crippen LogP contribution in [0.25, 0.3) is 0 Å². The van der Waals surface area contributed by atoms with Crippen molar-refractivity contribution < 1.29 is 4.79 Å². The summed E-state index contributed by atoms with van der Waals surface area (Å²) in [6.45, 7) is 0.720. The predicted molar refractivity (Wildman–Crippen MR) is 96.0 cm³/mol. The molecule has 1 fully saturated rings. The van der Waals surface area contributed by atoms with E-state index in [1.807, 2.05) is 0 Å². The van der Waals surface area contributed by atoms with Crippen molar-refractivity contribution in [3.05, 3.63) is 61.9 Å². The molecule has 2 aromatic rings. The molecule has 7 nitrogen and oxygen atoms in total. The number of halogens is 1. The third-order valence-corrected chi connectivity index (χ3v) is 4.21. The molecule has 0 unspecified atom stereocenters. The summed E-state index contributed by atoms with van der Waals surface area (Å²) < 4.78 is 1.58. The molecule has 0 spiro atoms. The summed E-state index contributed by atoms with van der Waals surface area (Å²) in [5.74, 6) is -0.133. The fourth-order valence-corrected chi connectivity index (χ4v) is 2.58. The number of hydrogen-bond donors (Lipinski definition) is 3. The number of anilines is 1. The van der Waals surface area contributed by atoms with Crippen LogP contribution in [0.4, 0.5) is 5.69 Å². The SMILES string of the molecule is O=C(CCNCc1cn(C2CC2)c(=O)[nH]c1=O)Nc1ccc(Cl)cc1. The van der Waals surface area contributed by atoms with Gasteiger partial charge in [0.15, 0.2) is 0 Å². The summed E-state index contributed by atoms with van der Waals surface area (Å²) in [6.07, 6.45) is 3.80. The minimum absolute atomic E-state index is 0.133. The molecule has 1 amide bonds. The highest BCUT2D eigenvalue weighted by molar-refractivity contribution is 6.30. The van der Waals surface area contributed by atoms with Crippen molar-refractivity contribution in [1.82, 2.24) is 14.9 Å². The lowest BCUT2D eigenvalue weighted by Crippen LogP contribution is -2.33. The minimum Gasteiger partial charge on any atom is -0.326 e. The molecular formula is C17H19ClN4O3. The van der Waals surface area contributed by atoms with E-state index < -0.39 is 0 Å². The molecule has 1 heterocycles. The topological polar surface area (TPSA) is 96.0 Å². The molecule has 132 valence electrons. The standard InChI is InChI=1S/C17H19ClN4O3/c18-12-1-3-13(4-2-12)20-15(23)7-8-19-9-11-10-22(14-5-6-14)17(25)21-16(11)24/h1-4,10,14,19H,5-9H2,(H,20,23)(H,21,24,25). The van der Waals surface area contributed by atoms with Crippen LogP contribution in [-0.4, -0.2) is 22.0 Å². The van der Waals surface area contributed by atoms with Gasteiger partial charge in [0.05, 0.1) is 0 Å². The zero-order valence-electron chi connectivity index (χ0n) is 13.5. The highest BCUT2D eigenvalue weighted by Gasteiger charge is 2.25. The molecule has 1 saturated carbocycles. The van der Waals surface area contributed by atoms with Crippen LogP contribution in [0.5, 0.6) is 0 Å². The molecule has 0 radical (unpaired) electrons. The Bertz CT molecular complexity index is 869. The van der Waals surface area contributed by atoms with E-state index in [-0.39, 0.29) is 29.6 Å². The summed E-state index contributed by atoms with van der Waals surface area (Å²) in [6, 6.07) is 7.07. The van der Waals surface area contributed by atoms with Gasteiger partial charge in [-0.2, -0.15) is 0 Å². The summed E-state index contributed by atoms with van der Waals surface area (Å²) in [7, 11) is 0. The Labute approximate surface area is 149 Å².